The lowest BCUT2D eigenvalue weighted by Crippen LogP contribution is -2.13. The topological polar surface area (TPSA) is 54.9 Å². The molecular weight excluding hydrogens is 293 g/mol. The molecular formula is C15H9ClFN3O. The van der Waals surface area contributed by atoms with E-state index in [2.05, 4.69) is 15.3 Å². The Morgan fingerprint density at radius 1 is 1.10 bits per heavy atom. The van der Waals surface area contributed by atoms with Gasteiger partial charge in [-0.2, -0.15) is 0 Å². The number of fused-ring (bicyclic) bond motifs is 1. The molecule has 0 unspecified atom stereocenters. The summed E-state index contributed by atoms with van der Waals surface area (Å²) in [7, 11) is 0. The first-order valence-corrected chi connectivity index (χ1v) is 6.50. The molecule has 0 aliphatic heterocycles. The number of aromatic nitrogens is 2. The van der Waals surface area contributed by atoms with Crippen LogP contribution in [0.25, 0.3) is 11.0 Å². The molecule has 0 bridgehead atoms. The number of carbonyl (C=O) groups excluding carboxylic acids is 1. The van der Waals surface area contributed by atoms with E-state index in [4.69, 9.17) is 11.6 Å². The summed E-state index contributed by atoms with van der Waals surface area (Å²) in [5.74, 6) is -0.586. The molecule has 0 spiro atoms. The molecule has 0 atom stereocenters. The molecule has 21 heavy (non-hydrogen) atoms. The number of amides is 1. The largest absolute Gasteiger partial charge is 0.306 e. The molecule has 0 saturated carbocycles. The summed E-state index contributed by atoms with van der Waals surface area (Å²) in [5, 5.41) is 3.73. The lowest BCUT2D eigenvalue weighted by molar-refractivity contribution is 0.102. The average Bonchev–Trinajstić information content (AvgIpc) is 2.46. The second-order valence-corrected chi connectivity index (χ2v) is 4.73. The lowest BCUT2D eigenvalue weighted by Gasteiger charge is -2.05. The minimum absolute atomic E-state index is 0.218. The van der Waals surface area contributed by atoms with Crippen molar-refractivity contribution in [2.75, 3.05) is 5.32 Å². The molecule has 0 radical (unpaired) electrons. The van der Waals surface area contributed by atoms with Crippen molar-refractivity contribution in [2.45, 2.75) is 0 Å². The molecule has 1 aromatic carbocycles. The zero-order valence-corrected chi connectivity index (χ0v) is 11.4. The van der Waals surface area contributed by atoms with Crippen molar-refractivity contribution in [3.05, 3.63) is 65.1 Å². The highest BCUT2D eigenvalue weighted by Crippen LogP contribution is 2.16. The molecule has 0 fully saturated rings. The van der Waals surface area contributed by atoms with E-state index in [1.807, 2.05) is 0 Å². The van der Waals surface area contributed by atoms with Crippen LogP contribution < -0.4 is 5.32 Å². The van der Waals surface area contributed by atoms with Crippen LogP contribution in [0.2, 0.25) is 5.15 Å². The number of nitrogens with zero attached hydrogens (tertiary/aromatic N) is 2. The smallest absolute Gasteiger partial charge is 0.256 e. The molecule has 2 heterocycles. The van der Waals surface area contributed by atoms with Crippen LogP contribution in [0.4, 0.5) is 10.2 Å². The van der Waals surface area contributed by atoms with E-state index in [-0.39, 0.29) is 5.56 Å². The fourth-order valence-electron chi connectivity index (χ4n) is 1.86. The van der Waals surface area contributed by atoms with Crippen molar-refractivity contribution in [3.63, 3.8) is 0 Å². The molecule has 6 heteroatoms. The van der Waals surface area contributed by atoms with Crippen LogP contribution in [0.15, 0.2) is 48.5 Å². The summed E-state index contributed by atoms with van der Waals surface area (Å²) >= 11 is 5.81. The molecule has 2 aromatic heterocycles. The van der Waals surface area contributed by atoms with Crippen LogP contribution in [0.3, 0.4) is 0 Å². The standard InChI is InChI=1S/C15H9ClFN3O/c16-12-6-4-9-5-7-13(19-14(9)18-12)20-15(21)10-2-1-3-11(17)8-10/h1-8H,(H,18,19,20,21). The van der Waals surface area contributed by atoms with Gasteiger partial charge in [0.05, 0.1) is 0 Å². The molecule has 0 aliphatic carbocycles. The van der Waals surface area contributed by atoms with Crippen LogP contribution >= 0.6 is 11.6 Å². The number of nitrogens with one attached hydrogen (secondary N) is 1. The Kier molecular flexibility index (Phi) is 3.50. The van der Waals surface area contributed by atoms with Gasteiger partial charge in [-0.15, -0.1) is 0 Å². The van der Waals surface area contributed by atoms with Crippen LogP contribution in [0, 0.1) is 5.82 Å². The number of hydrogen-bond donors (Lipinski definition) is 1. The zero-order valence-electron chi connectivity index (χ0n) is 10.7. The number of pyridine rings is 2. The van der Waals surface area contributed by atoms with Crippen molar-refractivity contribution in [3.8, 4) is 0 Å². The Bertz CT molecular complexity index is 838. The van der Waals surface area contributed by atoms with E-state index in [0.717, 1.165) is 11.5 Å². The van der Waals surface area contributed by atoms with Gasteiger partial charge in [0.2, 0.25) is 0 Å². The van der Waals surface area contributed by atoms with E-state index in [1.54, 1.807) is 24.3 Å². The second-order valence-electron chi connectivity index (χ2n) is 4.34. The number of hydrogen-bond acceptors (Lipinski definition) is 3. The van der Waals surface area contributed by atoms with Gasteiger partial charge in [0, 0.05) is 10.9 Å². The third kappa shape index (κ3) is 2.98. The van der Waals surface area contributed by atoms with E-state index in [1.165, 1.54) is 18.2 Å². The van der Waals surface area contributed by atoms with Gasteiger partial charge in [-0.3, -0.25) is 4.79 Å². The van der Waals surface area contributed by atoms with Crippen molar-refractivity contribution in [1.82, 2.24) is 9.97 Å². The molecule has 4 nitrogen and oxygen atoms in total. The fourth-order valence-corrected chi connectivity index (χ4v) is 2.01. The number of halogens is 2. The highest BCUT2D eigenvalue weighted by Gasteiger charge is 2.08. The number of benzene rings is 1. The predicted octanol–water partition coefficient (Wildman–Crippen LogP) is 3.67. The third-order valence-electron chi connectivity index (χ3n) is 2.85. The van der Waals surface area contributed by atoms with E-state index >= 15 is 0 Å². The highest BCUT2D eigenvalue weighted by atomic mass is 35.5. The van der Waals surface area contributed by atoms with Crippen molar-refractivity contribution in [2.24, 2.45) is 0 Å². The molecule has 1 N–H and O–H groups in total. The van der Waals surface area contributed by atoms with Gasteiger partial charge in [-0.1, -0.05) is 17.7 Å². The van der Waals surface area contributed by atoms with Crippen LogP contribution in [0.1, 0.15) is 10.4 Å². The molecule has 3 aromatic rings. The van der Waals surface area contributed by atoms with Gasteiger partial charge in [0.25, 0.3) is 5.91 Å². The number of anilines is 1. The second kappa shape index (κ2) is 5.46. The average molecular weight is 302 g/mol. The third-order valence-corrected chi connectivity index (χ3v) is 3.06. The monoisotopic (exact) mass is 301 g/mol. The Morgan fingerprint density at radius 2 is 1.90 bits per heavy atom. The summed E-state index contributed by atoms with van der Waals surface area (Å²) in [6, 6.07) is 12.3. The zero-order chi connectivity index (χ0) is 14.8. The quantitative estimate of drug-likeness (QED) is 0.735. The Balaban J connectivity index is 1.89. The first-order valence-electron chi connectivity index (χ1n) is 6.12. The Hall–Kier alpha value is -2.53. The van der Waals surface area contributed by atoms with Gasteiger partial charge in [-0.05, 0) is 42.5 Å². The number of carbonyl (C=O) groups is 1. The summed E-state index contributed by atoms with van der Waals surface area (Å²) in [4.78, 5) is 20.3. The lowest BCUT2D eigenvalue weighted by atomic mass is 10.2. The van der Waals surface area contributed by atoms with Crippen LogP contribution in [-0.2, 0) is 0 Å². The van der Waals surface area contributed by atoms with Gasteiger partial charge >= 0.3 is 0 Å². The molecule has 1 amide bonds. The van der Waals surface area contributed by atoms with Crippen molar-refractivity contribution in [1.29, 1.82) is 0 Å². The summed E-state index contributed by atoms with van der Waals surface area (Å²) < 4.78 is 13.1. The van der Waals surface area contributed by atoms with Crippen molar-refractivity contribution >= 4 is 34.4 Å². The van der Waals surface area contributed by atoms with Gasteiger partial charge in [-0.25, -0.2) is 14.4 Å². The molecule has 0 saturated heterocycles. The van der Waals surface area contributed by atoms with E-state index in [0.29, 0.717) is 16.6 Å². The van der Waals surface area contributed by atoms with E-state index < -0.39 is 11.7 Å². The fraction of sp³-hybridized carbons (Fsp3) is 0. The summed E-state index contributed by atoms with van der Waals surface area (Å²) in [6.07, 6.45) is 0. The first-order chi connectivity index (χ1) is 10.1. The Labute approximate surface area is 124 Å². The first kappa shape index (κ1) is 13.5. The highest BCUT2D eigenvalue weighted by molar-refractivity contribution is 6.29. The maximum atomic E-state index is 13.1. The van der Waals surface area contributed by atoms with Gasteiger partial charge in [0.15, 0.2) is 5.65 Å². The normalized spacial score (nSPS) is 10.6. The van der Waals surface area contributed by atoms with Crippen molar-refractivity contribution < 1.29 is 9.18 Å². The predicted molar refractivity (Wildman–Crippen MR) is 78.9 cm³/mol. The minimum atomic E-state index is -0.470. The Morgan fingerprint density at radius 3 is 2.71 bits per heavy atom. The number of rotatable bonds is 2. The van der Waals surface area contributed by atoms with Crippen LogP contribution in [-0.4, -0.2) is 15.9 Å². The SMILES string of the molecule is O=C(Nc1ccc2ccc(Cl)nc2n1)c1cccc(F)c1. The maximum absolute atomic E-state index is 13.1. The molecule has 104 valence electrons. The van der Waals surface area contributed by atoms with Crippen LogP contribution in [0.5, 0.6) is 0 Å². The van der Waals surface area contributed by atoms with E-state index in [9.17, 15) is 9.18 Å². The maximum Gasteiger partial charge on any atom is 0.256 e. The van der Waals surface area contributed by atoms with Gasteiger partial charge in [0.1, 0.15) is 16.8 Å². The molecule has 0 aliphatic rings. The molecule has 3 rings (SSSR count). The summed E-state index contributed by atoms with van der Waals surface area (Å²) in [6.45, 7) is 0. The summed E-state index contributed by atoms with van der Waals surface area (Å²) in [5.41, 5.74) is 0.649. The minimum Gasteiger partial charge on any atom is -0.306 e. The van der Waals surface area contributed by atoms with Gasteiger partial charge < -0.3 is 5.32 Å².